The lowest BCUT2D eigenvalue weighted by Crippen LogP contribution is -2.47. The summed E-state index contributed by atoms with van der Waals surface area (Å²) < 4.78 is 289. The molecule has 11 nitrogen and oxygen atoms in total. The van der Waals surface area contributed by atoms with Gasteiger partial charge in [0.1, 0.15) is 5.75 Å². The van der Waals surface area contributed by atoms with Gasteiger partial charge in [-0.1, -0.05) is 118 Å². The molecule has 0 bridgehead atoms. The molecule has 6 heterocycles. The van der Waals surface area contributed by atoms with Gasteiger partial charge in [0, 0.05) is 127 Å². The molecule has 33 heteroatoms. The van der Waals surface area contributed by atoms with E-state index in [1.54, 1.807) is 89.3 Å². The molecule has 0 aliphatic carbocycles. The second-order valence-electron chi connectivity index (χ2n) is 39.5. The van der Waals surface area contributed by atoms with Gasteiger partial charge in [-0.05, 0) is 347 Å². The van der Waals surface area contributed by atoms with Crippen molar-refractivity contribution in [2.45, 2.75) is 244 Å². The molecule has 1 N–H and O–H groups in total. The minimum absolute atomic E-state index is 0.0496. The number of morpholine rings is 1. The molecule has 800 valence electrons. The first kappa shape index (κ1) is 122. The van der Waals surface area contributed by atoms with E-state index in [1.807, 2.05) is 85.3 Å². The number of methoxy groups -OCH3 is 1. The first-order valence-electron chi connectivity index (χ1n) is 48.7. The third kappa shape index (κ3) is 39.2. The highest BCUT2D eigenvalue weighted by molar-refractivity contribution is 6.31. The average molecular weight is 2070 g/mol. The van der Waals surface area contributed by atoms with Crippen LogP contribution in [0.1, 0.15) is 220 Å². The van der Waals surface area contributed by atoms with E-state index in [0.29, 0.717) is 126 Å². The van der Waals surface area contributed by atoms with Gasteiger partial charge < -0.3 is 43.9 Å². The van der Waals surface area contributed by atoms with E-state index in [2.05, 4.69) is 77.3 Å². The van der Waals surface area contributed by atoms with E-state index in [4.69, 9.17) is 25.8 Å². The van der Waals surface area contributed by atoms with Crippen molar-refractivity contribution in [2.24, 2.45) is 5.92 Å². The number of likely N-dealkylation sites (N-methyl/N-ethyl adjacent to an activating group) is 1. The van der Waals surface area contributed by atoms with Crippen LogP contribution in [0, 0.1) is 95.9 Å². The van der Waals surface area contributed by atoms with Crippen molar-refractivity contribution in [3.05, 3.63) is 266 Å². The van der Waals surface area contributed by atoms with Crippen LogP contribution in [0.15, 0.2) is 127 Å². The standard InChI is InChI=1S/C15H21F3N2O2.C15H18F3N.C15H21F3.C14H18F3NO.C14H16F3N.C14H18F3N.C13H16F3NO.C11H15Cl/c1-12-9-13(11-14(10-12)22-15(16,17)18)20-5-3-19(4-6-20)7-8-21-2;1-10-8-13(12-4-6-19(3)7-5-12)11(2)14(9-10)15(16,17)18;1-10(2)6-5-7-13-8-11(3)9-14(12(13)4)15(16,17)18;1-10-8-12(14(15,16)17)9-13(11(10)2)18-4-3-6-19-7-5-18;1-9-7-12(11-3-5-18-6-4-11)10(2)13(8-9)14(15,16)17;1-10-7-12(9-18-5-3-4-6-18)11(2)13(8-10)14(15,16)17;1-9-5-11(13(14,15)16)7-12(6-9)17-3-4-18-10(2)8-17;1-8-5-6-10(12)9(7-8)11(2,3)4/h9-11H,3-8H2,1-2H3;4,8-9H,5-7H2,1-3H3;8-10H,5-7H2,1-4H3;8-9H,3-7H2,1-2H3;3,7-8,18H,4-6H2,1-2H3;7-8H,3-6,9H2,1-2H3;5-7,10H,3-4,8H2,1-2H3;5-7H,1-4H3. The van der Waals surface area contributed by atoms with Gasteiger partial charge in [-0.2, -0.15) is 79.0 Å². The van der Waals surface area contributed by atoms with Gasteiger partial charge in [0.15, 0.2) is 0 Å². The smallest absolute Gasteiger partial charge is 0.406 e. The first-order valence-corrected chi connectivity index (χ1v) is 49.1. The molecule has 6 aliphatic heterocycles. The minimum Gasteiger partial charge on any atom is -0.406 e. The Morgan fingerprint density at radius 1 is 0.444 bits per heavy atom. The largest absolute Gasteiger partial charge is 0.573 e. The molecule has 0 aromatic heterocycles. The fraction of sp³-hybridized carbons (Fsp3) is 0.532. The fourth-order valence-corrected chi connectivity index (χ4v) is 18.3. The number of ether oxygens (including phenoxy) is 4. The number of alkyl halides is 21. The Kier molecular flexibility index (Phi) is 45.5. The number of likely N-dealkylation sites (tertiary alicyclic amines) is 1. The van der Waals surface area contributed by atoms with E-state index in [9.17, 15) is 92.2 Å². The highest BCUT2D eigenvalue weighted by atomic mass is 35.5. The molecule has 4 saturated heterocycles. The molecule has 144 heavy (non-hydrogen) atoms. The molecular formula is C111H143ClF21N7O4. The Morgan fingerprint density at radius 2 is 0.938 bits per heavy atom. The maximum Gasteiger partial charge on any atom is 0.573 e. The van der Waals surface area contributed by atoms with Crippen molar-refractivity contribution in [1.29, 1.82) is 0 Å². The van der Waals surface area contributed by atoms with Gasteiger partial charge in [-0.15, -0.1) is 13.2 Å². The topological polar surface area (TPSA) is 68.4 Å². The molecule has 14 rings (SSSR count). The fourth-order valence-electron chi connectivity index (χ4n) is 17.9. The normalized spacial score (nSPS) is 16.6. The molecule has 1 unspecified atom stereocenters. The molecule has 6 aliphatic rings. The van der Waals surface area contributed by atoms with Crippen molar-refractivity contribution < 1.29 is 111 Å². The van der Waals surface area contributed by atoms with E-state index < -0.39 is 76.8 Å². The second kappa shape index (κ2) is 53.7. The molecule has 0 radical (unpaired) electrons. The SMILES string of the molecule is COCCN1CCN(c2cc(C)cc(OC(F)(F)F)c2)CC1.Cc1cc(C(F)(F)F)cc(N2CCCOCC2)c1C.Cc1cc(C2=CCN(C)CC2)c(C)c(C(F)(F)F)c1.Cc1cc(C2=CCNCC2)c(C)c(C(F)(F)F)c1.Cc1cc(CCCC(C)C)c(C)c(C(F)(F)F)c1.Cc1cc(CN2CCCC2)c(C)c(C(F)(F)F)c1.Cc1cc(N2CCOC(C)C2)cc(C(F)(F)F)c1.Cc1ccc(Cl)c(C(C)(C)C)c1. The minimum atomic E-state index is -4.66. The van der Waals surface area contributed by atoms with Crippen LogP contribution in [-0.2, 0) is 69.6 Å². The number of benzene rings is 8. The highest BCUT2D eigenvalue weighted by Crippen LogP contribution is 2.44. The third-order valence-electron chi connectivity index (χ3n) is 25.7. The number of nitrogens with one attached hydrogen (secondary N) is 1. The predicted molar refractivity (Wildman–Crippen MR) is 537 cm³/mol. The molecule has 0 spiro atoms. The molecule has 4 fully saturated rings. The van der Waals surface area contributed by atoms with Crippen LogP contribution in [0.25, 0.3) is 11.1 Å². The summed E-state index contributed by atoms with van der Waals surface area (Å²) in [6.07, 6.45) is -18.8. The zero-order valence-corrected chi connectivity index (χ0v) is 87.5. The van der Waals surface area contributed by atoms with E-state index >= 15 is 0 Å². The van der Waals surface area contributed by atoms with Crippen LogP contribution < -0.4 is 24.8 Å². The van der Waals surface area contributed by atoms with Crippen LogP contribution >= 0.6 is 11.6 Å². The summed E-state index contributed by atoms with van der Waals surface area (Å²) in [7, 11) is 3.68. The van der Waals surface area contributed by atoms with E-state index in [1.165, 1.54) is 71.8 Å². The number of aryl methyl sites for hydroxylation is 9. The summed E-state index contributed by atoms with van der Waals surface area (Å²) in [5.74, 6) is 0.432. The summed E-state index contributed by atoms with van der Waals surface area (Å²) >= 11 is 6.08. The van der Waals surface area contributed by atoms with Crippen LogP contribution in [0.5, 0.6) is 5.75 Å². The van der Waals surface area contributed by atoms with E-state index in [-0.39, 0.29) is 17.3 Å². The van der Waals surface area contributed by atoms with Gasteiger partial charge in [0.25, 0.3) is 0 Å². The summed E-state index contributed by atoms with van der Waals surface area (Å²) in [5.41, 5.74) is 13.8. The summed E-state index contributed by atoms with van der Waals surface area (Å²) in [5, 5.41) is 4.03. The quantitative estimate of drug-likeness (QED) is 0.0999. The van der Waals surface area contributed by atoms with Crippen LogP contribution in [0.3, 0.4) is 0 Å². The Labute approximate surface area is 842 Å². The Morgan fingerprint density at radius 3 is 1.42 bits per heavy atom. The maximum absolute atomic E-state index is 13.0. The number of hydrogen-bond acceptors (Lipinski definition) is 11. The second-order valence-corrected chi connectivity index (χ2v) is 39.9. The van der Waals surface area contributed by atoms with Crippen molar-refractivity contribution in [3.8, 4) is 5.75 Å². The monoisotopic (exact) mass is 2070 g/mol. The third-order valence-corrected chi connectivity index (χ3v) is 26.0. The predicted octanol–water partition coefficient (Wildman–Crippen LogP) is 30.4. The van der Waals surface area contributed by atoms with Crippen molar-refractivity contribution in [2.75, 3.05) is 153 Å². The lowest BCUT2D eigenvalue weighted by molar-refractivity contribution is -0.274. The number of hydrogen-bond donors (Lipinski definition) is 1. The number of halogens is 22. The molecular weight excluding hydrogens is 1930 g/mol. The van der Waals surface area contributed by atoms with Crippen molar-refractivity contribution in [3.63, 3.8) is 0 Å². The number of anilines is 3. The van der Waals surface area contributed by atoms with Crippen LogP contribution in [0.4, 0.5) is 109 Å². The molecule has 0 saturated carbocycles. The molecule has 0 amide bonds. The van der Waals surface area contributed by atoms with Crippen LogP contribution in [0.2, 0.25) is 5.02 Å². The first-order chi connectivity index (χ1) is 66.8. The van der Waals surface area contributed by atoms with Gasteiger partial charge in [-0.25, -0.2) is 0 Å². The Balaban J connectivity index is 0.000000224. The van der Waals surface area contributed by atoms with Crippen molar-refractivity contribution >= 4 is 39.8 Å². The van der Waals surface area contributed by atoms with Gasteiger partial charge in [0.2, 0.25) is 0 Å². The number of piperazine rings is 1. The summed E-state index contributed by atoms with van der Waals surface area (Å²) in [6, 6.07) is 29.9. The Hall–Kier alpha value is -9.02. The highest BCUT2D eigenvalue weighted by Gasteiger charge is 2.40. The van der Waals surface area contributed by atoms with E-state index in [0.717, 1.165) is 185 Å². The van der Waals surface area contributed by atoms with Gasteiger partial charge in [0.05, 0.1) is 59.3 Å². The van der Waals surface area contributed by atoms with Gasteiger partial charge >= 0.3 is 43.4 Å². The lowest BCUT2D eigenvalue weighted by atomic mass is 9.86. The van der Waals surface area contributed by atoms with Gasteiger partial charge in [-0.3, -0.25) is 9.80 Å². The zero-order valence-electron chi connectivity index (χ0n) is 86.7. The maximum atomic E-state index is 13.0. The summed E-state index contributed by atoms with van der Waals surface area (Å²) in [4.78, 5) is 12.7. The lowest BCUT2D eigenvalue weighted by Gasteiger charge is -2.36. The number of nitrogens with zero attached hydrogens (tertiary/aromatic N) is 6. The summed E-state index contributed by atoms with van der Waals surface area (Å²) in [6.45, 7) is 50.1. The van der Waals surface area contributed by atoms with Crippen molar-refractivity contribution in [1.82, 2.24) is 20.0 Å². The molecule has 8 aromatic rings. The molecule has 8 aromatic carbocycles. The average Bonchev–Trinajstić information content (AvgIpc) is 0.845. The zero-order chi connectivity index (χ0) is 108. The number of rotatable bonds is 15. The Bertz CT molecular complexity index is 5490. The van der Waals surface area contributed by atoms with Crippen LogP contribution in [-0.4, -0.2) is 166 Å². The molecule has 1 atom stereocenters.